The predicted octanol–water partition coefficient (Wildman–Crippen LogP) is 3.79. The summed E-state index contributed by atoms with van der Waals surface area (Å²) in [7, 11) is 2.08. The van der Waals surface area contributed by atoms with Gasteiger partial charge in [0.15, 0.2) is 0 Å². The minimum Gasteiger partial charge on any atom is -0.342 e. The first-order chi connectivity index (χ1) is 9.84. The average molecular weight is 259 g/mol. The minimum atomic E-state index is 1.14. The summed E-state index contributed by atoms with van der Waals surface area (Å²) in [6.45, 7) is 0. The average Bonchev–Trinajstić information content (AvgIpc) is 2.81. The van der Waals surface area contributed by atoms with E-state index in [0.29, 0.717) is 0 Å². The Balaban J connectivity index is 2.07. The number of benzene rings is 1. The van der Waals surface area contributed by atoms with Gasteiger partial charge < -0.3 is 4.57 Å². The van der Waals surface area contributed by atoms with Crippen molar-refractivity contribution >= 4 is 21.8 Å². The van der Waals surface area contributed by atoms with Crippen LogP contribution in [0.5, 0.6) is 0 Å². The van der Waals surface area contributed by atoms with Crippen LogP contribution < -0.4 is 0 Å². The molecular weight excluding hydrogens is 246 g/mol. The molecule has 0 aliphatic rings. The molecule has 20 heavy (non-hydrogen) atoms. The van der Waals surface area contributed by atoms with Crippen molar-refractivity contribution in [2.75, 3.05) is 0 Å². The second kappa shape index (κ2) is 4.17. The van der Waals surface area contributed by atoms with Crippen molar-refractivity contribution in [3.05, 3.63) is 61.2 Å². The van der Waals surface area contributed by atoms with E-state index in [2.05, 4.69) is 51.9 Å². The summed E-state index contributed by atoms with van der Waals surface area (Å²) in [5.41, 5.74) is 4.71. The Kier molecular flexibility index (Phi) is 2.33. The lowest BCUT2D eigenvalue weighted by atomic mass is 10.0. The van der Waals surface area contributed by atoms with Gasteiger partial charge in [-0.3, -0.25) is 9.97 Å². The fourth-order valence-electron chi connectivity index (χ4n) is 2.77. The number of pyridine rings is 2. The summed E-state index contributed by atoms with van der Waals surface area (Å²) in [5.74, 6) is 0. The highest BCUT2D eigenvalue weighted by molar-refractivity contribution is 6.08. The van der Waals surface area contributed by atoms with Gasteiger partial charge in [0.2, 0.25) is 0 Å². The van der Waals surface area contributed by atoms with Crippen molar-refractivity contribution in [2.24, 2.45) is 7.05 Å². The molecular formula is C17H13N3. The largest absolute Gasteiger partial charge is 0.342 e. The molecule has 0 bridgehead atoms. The molecule has 96 valence electrons. The van der Waals surface area contributed by atoms with Gasteiger partial charge in [-0.2, -0.15) is 0 Å². The highest BCUT2D eigenvalue weighted by Crippen LogP contribution is 2.31. The maximum Gasteiger partial charge on any atom is 0.0675 e. The summed E-state index contributed by atoms with van der Waals surface area (Å²) in [5, 5.41) is 2.49. The Morgan fingerprint density at radius 2 is 1.70 bits per heavy atom. The third kappa shape index (κ3) is 1.53. The van der Waals surface area contributed by atoms with Gasteiger partial charge in [-0.25, -0.2) is 0 Å². The number of nitrogens with zero attached hydrogens (tertiary/aromatic N) is 3. The zero-order valence-corrected chi connectivity index (χ0v) is 11.1. The highest BCUT2D eigenvalue weighted by atomic mass is 14.9. The van der Waals surface area contributed by atoms with Crippen LogP contribution in [0.4, 0.5) is 0 Å². The highest BCUT2D eigenvalue weighted by Gasteiger charge is 2.09. The Labute approximate surface area is 116 Å². The van der Waals surface area contributed by atoms with Gasteiger partial charge in [-0.15, -0.1) is 0 Å². The van der Waals surface area contributed by atoms with E-state index in [-0.39, 0.29) is 0 Å². The molecule has 4 rings (SSSR count). The van der Waals surface area contributed by atoms with E-state index in [1.165, 1.54) is 21.9 Å². The second-order valence-corrected chi connectivity index (χ2v) is 4.93. The van der Waals surface area contributed by atoms with Gasteiger partial charge in [0.25, 0.3) is 0 Å². The van der Waals surface area contributed by atoms with E-state index in [0.717, 1.165) is 11.1 Å². The Hall–Kier alpha value is -2.68. The molecule has 0 N–H and O–H groups in total. The van der Waals surface area contributed by atoms with E-state index in [4.69, 9.17) is 0 Å². The number of aryl methyl sites for hydroxylation is 1. The summed E-state index contributed by atoms with van der Waals surface area (Å²) < 4.78 is 2.19. The van der Waals surface area contributed by atoms with Crippen LogP contribution >= 0.6 is 0 Å². The van der Waals surface area contributed by atoms with Gasteiger partial charge in [-0.1, -0.05) is 12.1 Å². The summed E-state index contributed by atoms with van der Waals surface area (Å²) >= 11 is 0. The molecule has 3 heterocycles. The third-order valence-electron chi connectivity index (χ3n) is 3.80. The van der Waals surface area contributed by atoms with Crippen LogP contribution in [0, 0.1) is 0 Å². The third-order valence-corrected chi connectivity index (χ3v) is 3.80. The zero-order chi connectivity index (χ0) is 13.5. The Morgan fingerprint density at radius 1 is 0.800 bits per heavy atom. The lowest BCUT2D eigenvalue weighted by Crippen LogP contribution is -1.86. The lowest BCUT2D eigenvalue weighted by molar-refractivity contribution is 1.01. The molecule has 1 aromatic carbocycles. The first-order valence-corrected chi connectivity index (χ1v) is 6.57. The van der Waals surface area contributed by atoms with Gasteiger partial charge in [0.1, 0.15) is 0 Å². The number of aromatic nitrogens is 3. The molecule has 0 aliphatic carbocycles. The molecule has 0 atom stereocenters. The van der Waals surface area contributed by atoms with Crippen LogP contribution in [0.15, 0.2) is 61.2 Å². The predicted molar refractivity (Wildman–Crippen MR) is 81.5 cm³/mol. The molecule has 0 saturated carbocycles. The lowest BCUT2D eigenvalue weighted by Gasteiger charge is -2.02. The van der Waals surface area contributed by atoms with Crippen molar-refractivity contribution in [2.45, 2.75) is 0 Å². The molecule has 0 unspecified atom stereocenters. The molecule has 0 fully saturated rings. The number of hydrogen-bond acceptors (Lipinski definition) is 2. The van der Waals surface area contributed by atoms with E-state index in [1.807, 2.05) is 24.7 Å². The van der Waals surface area contributed by atoms with Crippen molar-refractivity contribution in [3.8, 4) is 11.1 Å². The van der Waals surface area contributed by atoms with Crippen molar-refractivity contribution in [1.82, 2.24) is 14.5 Å². The SMILES string of the molecule is Cn1c2ccc(-c3cccnc3)cc2c2ccncc21. The first kappa shape index (κ1) is 11.2. The van der Waals surface area contributed by atoms with E-state index in [1.54, 1.807) is 6.20 Å². The normalized spacial score (nSPS) is 11.2. The Morgan fingerprint density at radius 3 is 2.55 bits per heavy atom. The molecule has 3 heteroatoms. The van der Waals surface area contributed by atoms with Crippen LogP contribution in [0.1, 0.15) is 0 Å². The standard InChI is InChI=1S/C17H13N3/c1-20-16-5-4-12(13-3-2-7-18-10-13)9-15(16)14-6-8-19-11-17(14)20/h2-11H,1H3. The number of rotatable bonds is 1. The number of fused-ring (bicyclic) bond motifs is 3. The molecule has 3 aromatic heterocycles. The summed E-state index contributed by atoms with van der Waals surface area (Å²) in [4.78, 5) is 8.41. The first-order valence-electron chi connectivity index (χ1n) is 6.57. The van der Waals surface area contributed by atoms with Crippen LogP contribution in [-0.4, -0.2) is 14.5 Å². The van der Waals surface area contributed by atoms with Crippen LogP contribution in [0.3, 0.4) is 0 Å². The van der Waals surface area contributed by atoms with Gasteiger partial charge in [0.05, 0.1) is 11.7 Å². The van der Waals surface area contributed by atoms with Crippen molar-refractivity contribution in [3.63, 3.8) is 0 Å². The molecule has 0 saturated heterocycles. The molecule has 0 amide bonds. The molecule has 0 spiro atoms. The topological polar surface area (TPSA) is 30.7 Å². The summed E-state index contributed by atoms with van der Waals surface area (Å²) in [6, 6.07) is 12.7. The fraction of sp³-hybridized carbons (Fsp3) is 0.0588. The number of hydrogen-bond donors (Lipinski definition) is 0. The van der Waals surface area contributed by atoms with Crippen LogP contribution in [0.25, 0.3) is 32.9 Å². The monoisotopic (exact) mass is 259 g/mol. The van der Waals surface area contributed by atoms with Gasteiger partial charge in [-0.05, 0) is 29.8 Å². The van der Waals surface area contributed by atoms with Gasteiger partial charge in [0, 0.05) is 47.5 Å². The maximum absolute atomic E-state index is 4.22. The molecule has 0 aliphatic heterocycles. The maximum atomic E-state index is 4.22. The van der Waals surface area contributed by atoms with E-state index in [9.17, 15) is 0 Å². The molecule has 3 nitrogen and oxygen atoms in total. The van der Waals surface area contributed by atoms with Crippen molar-refractivity contribution < 1.29 is 0 Å². The van der Waals surface area contributed by atoms with E-state index < -0.39 is 0 Å². The van der Waals surface area contributed by atoms with E-state index >= 15 is 0 Å². The molecule has 4 aromatic rings. The van der Waals surface area contributed by atoms with Crippen LogP contribution in [0.2, 0.25) is 0 Å². The summed E-state index contributed by atoms with van der Waals surface area (Å²) in [6.07, 6.45) is 7.46. The minimum absolute atomic E-state index is 1.14. The smallest absolute Gasteiger partial charge is 0.0675 e. The quantitative estimate of drug-likeness (QED) is 0.520. The molecule has 0 radical (unpaired) electrons. The second-order valence-electron chi connectivity index (χ2n) is 4.93. The van der Waals surface area contributed by atoms with Crippen molar-refractivity contribution in [1.29, 1.82) is 0 Å². The zero-order valence-electron chi connectivity index (χ0n) is 11.1. The van der Waals surface area contributed by atoms with Gasteiger partial charge >= 0.3 is 0 Å². The fourth-order valence-corrected chi connectivity index (χ4v) is 2.77. The Bertz CT molecular complexity index is 907. The van der Waals surface area contributed by atoms with Crippen LogP contribution in [-0.2, 0) is 7.05 Å².